The van der Waals surface area contributed by atoms with E-state index in [1.165, 1.54) is 10.9 Å². The van der Waals surface area contributed by atoms with Crippen molar-refractivity contribution in [2.75, 3.05) is 0 Å². The van der Waals surface area contributed by atoms with E-state index in [0.717, 1.165) is 23.1 Å². The Kier molecular flexibility index (Phi) is 2.63. The van der Waals surface area contributed by atoms with Crippen LogP contribution in [-0.4, -0.2) is 15.3 Å². The number of fused-ring (bicyclic) bond motifs is 3. The van der Waals surface area contributed by atoms with Gasteiger partial charge in [0.1, 0.15) is 11.3 Å². The fourth-order valence-electron chi connectivity index (χ4n) is 2.72. The Bertz CT molecular complexity index is 799. The third kappa shape index (κ3) is 1.65. The van der Waals surface area contributed by atoms with Gasteiger partial charge in [-0.05, 0) is 31.5 Å². The molecular weight excluding hydrogens is 236 g/mol. The molecule has 0 saturated heterocycles. The number of rotatable bonds is 2. The van der Waals surface area contributed by atoms with E-state index in [2.05, 4.69) is 28.6 Å². The van der Waals surface area contributed by atoms with E-state index in [1.54, 1.807) is 6.92 Å². The summed E-state index contributed by atoms with van der Waals surface area (Å²) in [7, 11) is 0. The van der Waals surface area contributed by atoms with E-state index in [1.807, 2.05) is 25.1 Å². The van der Waals surface area contributed by atoms with Crippen LogP contribution in [0.4, 0.5) is 0 Å². The molecule has 0 aliphatic carbocycles. The molecule has 0 bridgehead atoms. The van der Waals surface area contributed by atoms with Crippen molar-refractivity contribution in [1.82, 2.24) is 9.55 Å². The number of hydrogen-bond acceptors (Lipinski definition) is 2. The van der Waals surface area contributed by atoms with Crippen molar-refractivity contribution >= 4 is 27.7 Å². The Balaban J connectivity index is 2.55. The summed E-state index contributed by atoms with van der Waals surface area (Å²) in [6.45, 7) is 6.55. The molecule has 0 atom stereocenters. The van der Waals surface area contributed by atoms with Crippen LogP contribution in [0.25, 0.3) is 21.9 Å². The highest BCUT2D eigenvalue weighted by Gasteiger charge is 2.14. The van der Waals surface area contributed by atoms with Gasteiger partial charge in [-0.25, -0.2) is 4.98 Å². The van der Waals surface area contributed by atoms with Crippen molar-refractivity contribution in [2.45, 2.75) is 27.3 Å². The van der Waals surface area contributed by atoms with Crippen molar-refractivity contribution in [3.05, 3.63) is 41.6 Å². The molecule has 3 aromatic rings. The molecule has 3 rings (SSSR count). The first kappa shape index (κ1) is 11.9. The number of ketones is 1. The van der Waals surface area contributed by atoms with E-state index in [0.29, 0.717) is 5.69 Å². The summed E-state index contributed by atoms with van der Waals surface area (Å²) in [5, 5.41) is 2.36. The minimum absolute atomic E-state index is 0.0120. The van der Waals surface area contributed by atoms with Gasteiger partial charge in [0, 0.05) is 24.2 Å². The number of hydrogen-bond donors (Lipinski definition) is 0. The third-order valence-corrected chi connectivity index (χ3v) is 3.59. The van der Waals surface area contributed by atoms with E-state index < -0.39 is 0 Å². The molecule has 2 aromatic heterocycles. The summed E-state index contributed by atoms with van der Waals surface area (Å²) in [6.07, 6.45) is 0. The number of carbonyl (C=O) groups excluding carboxylic acids is 1. The van der Waals surface area contributed by atoms with Crippen molar-refractivity contribution in [3.8, 4) is 0 Å². The molecule has 0 unspecified atom stereocenters. The van der Waals surface area contributed by atoms with Crippen LogP contribution in [0.1, 0.15) is 29.9 Å². The maximum absolute atomic E-state index is 11.6. The molecule has 96 valence electrons. The van der Waals surface area contributed by atoms with Crippen LogP contribution in [-0.2, 0) is 6.54 Å². The van der Waals surface area contributed by atoms with Gasteiger partial charge in [0.15, 0.2) is 5.78 Å². The first-order chi connectivity index (χ1) is 9.13. The molecular formula is C16H16N2O. The maximum Gasteiger partial charge on any atom is 0.178 e. The third-order valence-electron chi connectivity index (χ3n) is 3.59. The molecule has 1 aromatic carbocycles. The van der Waals surface area contributed by atoms with Crippen LogP contribution in [0.15, 0.2) is 30.3 Å². The lowest BCUT2D eigenvalue weighted by atomic mass is 10.1. The molecule has 0 amide bonds. The van der Waals surface area contributed by atoms with E-state index in [4.69, 9.17) is 0 Å². The number of Topliss-reactive ketones (excluding diaryl/α,β-unsaturated/α-hetero) is 1. The lowest BCUT2D eigenvalue weighted by molar-refractivity contribution is 0.101. The molecule has 0 N–H and O–H groups in total. The van der Waals surface area contributed by atoms with Gasteiger partial charge in [0.05, 0.1) is 5.52 Å². The van der Waals surface area contributed by atoms with Crippen LogP contribution in [0.2, 0.25) is 0 Å². The Hall–Kier alpha value is -2.16. The van der Waals surface area contributed by atoms with Crippen molar-refractivity contribution < 1.29 is 4.79 Å². The van der Waals surface area contributed by atoms with Gasteiger partial charge >= 0.3 is 0 Å². The standard InChI is InChI=1S/C16H16N2O/c1-4-18-14-8-6-5-7-12(14)15-10(2)9-13(11(3)19)17-16(15)18/h5-9H,4H2,1-3H3. The Morgan fingerprint density at radius 1 is 1.32 bits per heavy atom. The molecule has 0 fully saturated rings. The molecule has 0 spiro atoms. The minimum Gasteiger partial charge on any atom is -0.326 e. The molecule has 0 aliphatic rings. The van der Waals surface area contributed by atoms with Crippen LogP contribution < -0.4 is 0 Å². The summed E-state index contributed by atoms with van der Waals surface area (Å²) >= 11 is 0. The molecule has 0 radical (unpaired) electrons. The summed E-state index contributed by atoms with van der Waals surface area (Å²) < 4.78 is 2.17. The average Bonchev–Trinajstić information content (AvgIpc) is 2.72. The maximum atomic E-state index is 11.6. The van der Waals surface area contributed by atoms with Crippen molar-refractivity contribution in [1.29, 1.82) is 0 Å². The second-order valence-corrected chi connectivity index (χ2v) is 4.84. The fraction of sp³-hybridized carbons (Fsp3) is 0.250. The highest BCUT2D eigenvalue weighted by atomic mass is 16.1. The van der Waals surface area contributed by atoms with Gasteiger partial charge in [-0.2, -0.15) is 0 Å². The van der Waals surface area contributed by atoms with Gasteiger partial charge in [-0.15, -0.1) is 0 Å². The zero-order chi connectivity index (χ0) is 13.6. The molecule has 19 heavy (non-hydrogen) atoms. The Morgan fingerprint density at radius 3 is 2.74 bits per heavy atom. The fourth-order valence-corrected chi connectivity index (χ4v) is 2.72. The largest absolute Gasteiger partial charge is 0.326 e. The molecule has 3 heteroatoms. The number of nitrogens with zero attached hydrogens (tertiary/aromatic N) is 2. The van der Waals surface area contributed by atoms with Crippen molar-refractivity contribution in [2.24, 2.45) is 0 Å². The van der Waals surface area contributed by atoms with E-state index in [-0.39, 0.29) is 5.78 Å². The lowest BCUT2D eigenvalue weighted by Gasteiger charge is -2.04. The van der Waals surface area contributed by atoms with E-state index >= 15 is 0 Å². The van der Waals surface area contributed by atoms with Crippen molar-refractivity contribution in [3.63, 3.8) is 0 Å². The summed E-state index contributed by atoms with van der Waals surface area (Å²) in [4.78, 5) is 16.1. The summed E-state index contributed by atoms with van der Waals surface area (Å²) in [6, 6.07) is 10.2. The Labute approximate surface area is 111 Å². The van der Waals surface area contributed by atoms with Gasteiger partial charge in [0.25, 0.3) is 0 Å². The number of benzene rings is 1. The predicted molar refractivity (Wildman–Crippen MR) is 77.7 cm³/mol. The number of carbonyl (C=O) groups is 1. The first-order valence-electron chi connectivity index (χ1n) is 6.53. The number of aryl methyl sites for hydroxylation is 2. The highest BCUT2D eigenvalue weighted by Crippen LogP contribution is 2.30. The molecule has 2 heterocycles. The van der Waals surface area contributed by atoms with Gasteiger partial charge < -0.3 is 4.57 Å². The summed E-state index contributed by atoms with van der Waals surface area (Å²) in [5.74, 6) is 0.0120. The lowest BCUT2D eigenvalue weighted by Crippen LogP contribution is -2.01. The molecule has 0 saturated carbocycles. The topological polar surface area (TPSA) is 34.9 Å². The SMILES string of the molecule is CCn1c2ccccc2c2c(C)cc(C(C)=O)nc21. The second-order valence-electron chi connectivity index (χ2n) is 4.84. The first-order valence-corrected chi connectivity index (χ1v) is 6.53. The normalized spacial score (nSPS) is 11.3. The monoisotopic (exact) mass is 252 g/mol. The predicted octanol–water partition coefficient (Wildman–Crippen LogP) is 3.72. The van der Waals surface area contributed by atoms with Crippen LogP contribution >= 0.6 is 0 Å². The van der Waals surface area contributed by atoms with E-state index in [9.17, 15) is 4.79 Å². The highest BCUT2D eigenvalue weighted by molar-refractivity contribution is 6.09. The second kappa shape index (κ2) is 4.19. The zero-order valence-electron chi connectivity index (χ0n) is 11.4. The number of para-hydroxylation sites is 1. The molecule has 3 nitrogen and oxygen atoms in total. The zero-order valence-corrected chi connectivity index (χ0v) is 11.4. The minimum atomic E-state index is 0.0120. The average molecular weight is 252 g/mol. The Morgan fingerprint density at radius 2 is 2.05 bits per heavy atom. The molecule has 0 aliphatic heterocycles. The quantitative estimate of drug-likeness (QED) is 0.651. The number of pyridine rings is 1. The van der Waals surface area contributed by atoms with Crippen LogP contribution in [0, 0.1) is 6.92 Å². The smallest absolute Gasteiger partial charge is 0.178 e. The van der Waals surface area contributed by atoms with Crippen LogP contribution in [0.5, 0.6) is 0 Å². The number of aromatic nitrogens is 2. The summed E-state index contributed by atoms with van der Waals surface area (Å²) in [5.41, 5.74) is 3.74. The van der Waals surface area contributed by atoms with Crippen LogP contribution in [0.3, 0.4) is 0 Å². The van der Waals surface area contributed by atoms with Gasteiger partial charge in [-0.1, -0.05) is 18.2 Å². The van der Waals surface area contributed by atoms with Gasteiger partial charge in [-0.3, -0.25) is 4.79 Å². The van der Waals surface area contributed by atoms with Gasteiger partial charge in [0.2, 0.25) is 0 Å².